The average molecular weight is 325 g/mol. The van der Waals surface area contributed by atoms with Crippen molar-refractivity contribution in [2.45, 2.75) is 6.23 Å². The van der Waals surface area contributed by atoms with Crippen LogP contribution in [-0.4, -0.2) is 5.11 Å². The van der Waals surface area contributed by atoms with Crippen molar-refractivity contribution >= 4 is 28.6 Å². The number of halogens is 1. The zero-order chi connectivity index (χ0) is 11.4. The normalized spacial score (nSPS) is 12.1. The number of nitrogens with zero attached hydrogens (tertiary/aromatic N) is 1. The zero-order valence-corrected chi connectivity index (χ0v) is 10.8. The lowest BCUT2D eigenvalue weighted by molar-refractivity contribution is 0.197. The van der Waals surface area contributed by atoms with E-state index in [-0.39, 0.29) is 0 Å². The van der Waals surface area contributed by atoms with Crippen LogP contribution in [0, 0.1) is 0 Å². The van der Waals surface area contributed by atoms with Crippen LogP contribution in [-0.2, 0) is 0 Å². The number of aliphatic hydroxyl groups is 1. The molecule has 0 bridgehead atoms. The van der Waals surface area contributed by atoms with Crippen molar-refractivity contribution in [1.82, 2.24) is 0 Å². The highest BCUT2D eigenvalue weighted by atomic mass is 127. The molecule has 2 aromatic rings. The molecule has 3 heteroatoms. The van der Waals surface area contributed by atoms with Crippen LogP contribution in [0.25, 0.3) is 0 Å². The number of para-hydroxylation sites is 1. The molecule has 0 aliphatic carbocycles. The maximum atomic E-state index is 10.2. The quantitative estimate of drug-likeness (QED) is 0.530. The molecule has 0 saturated heterocycles. The third-order valence-electron chi connectivity index (χ3n) is 2.32. The van der Waals surface area contributed by atoms with E-state index in [1.165, 1.54) is 0 Å². The maximum Gasteiger partial charge on any atom is 0.161 e. The summed E-state index contributed by atoms with van der Waals surface area (Å²) in [6, 6.07) is 19.4. The molecule has 1 atom stereocenters. The Morgan fingerprint density at radius 2 is 1.38 bits per heavy atom. The van der Waals surface area contributed by atoms with E-state index in [0.717, 1.165) is 11.3 Å². The first-order valence-corrected chi connectivity index (χ1v) is 5.98. The summed E-state index contributed by atoms with van der Waals surface area (Å²) in [6.45, 7) is 0. The van der Waals surface area contributed by atoms with Gasteiger partial charge in [0.15, 0.2) is 6.23 Å². The lowest BCUT2D eigenvalue weighted by Crippen LogP contribution is -2.17. The van der Waals surface area contributed by atoms with Gasteiger partial charge in [-0.2, -0.15) is 0 Å². The second-order valence-electron chi connectivity index (χ2n) is 3.43. The molecule has 2 aromatic carbocycles. The Hall–Kier alpha value is -1.07. The summed E-state index contributed by atoms with van der Waals surface area (Å²) in [5, 5.41) is 10.2. The van der Waals surface area contributed by atoms with Gasteiger partial charge in [-0.3, -0.25) is 3.11 Å². The molecule has 2 rings (SSSR count). The molecular weight excluding hydrogens is 313 g/mol. The topological polar surface area (TPSA) is 23.5 Å². The van der Waals surface area contributed by atoms with E-state index >= 15 is 0 Å². The molecule has 1 unspecified atom stereocenters. The van der Waals surface area contributed by atoms with Crippen LogP contribution in [0.5, 0.6) is 0 Å². The summed E-state index contributed by atoms with van der Waals surface area (Å²) in [7, 11) is 0. The number of benzene rings is 2. The van der Waals surface area contributed by atoms with Gasteiger partial charge in [-0.05, 0) is 12.1 Å². The first kappa shape index (κ1) is 11.4. The van der Waals surface area contributed by atoms with Gasteiger partial charge in [-0.1, -0.05) is 48.5 Å². The third-order valence-corrected chi connectivity index (χ3v) is 3.40. The maximum absolute atomic E-state index is 10.2. The second-order valence-corrected chi connectivity index (χ2v) is 4.47. The second kappa shape index (κ2) is 5.32. The standard InChI is InChI=1S/C13H12INO/c14-15(12-9-5-2-6-10-12)13(16)11-7-3-1-4-8-11/h1-10,13,16H. The van der Waals surface area contributed by atoms with E-state index in [2.05, 4.69) is 22.9 Å². The minimum Gasteiger partial charge on any atom is -0.369 e. The van der Waals surface area contributed by atoms with Gasteiger partial charge in [0.1, 0.15) is 0 Å². The Morgan fingerprint density at radius 1 is 0.875 bits per heavy atom. The van der Waals surface area contributed by atoms with Crippen LogP contribution in [0.1, 0.15) is 11.8 Å². The number of rotatable bonds is 3. The van der Waals surface area contributed by atoms with Gasteiger partial charge in [-0.25, -0.2) is 0 Å². The largest absolute Gasteiger partial charge is 0.369 e. The summed E-state index contributed by atoms with van der Waals surface area (Å²) in [5.74, 6) is 0. The van der Waals surface area contributed by atoms with Gasteiger partial charge in [-0.15, -0.1) is 0 Å². The molecule has 0 aliphatic heterocycles. The Balaban J connectivity index is 2.20. The highest BCUT2D eigenvalue weighted by molar-refractivity contribution is 14.1. The third kappa shape index (κ3) is 2.54. The van der Waals surface area contributed by atoms with Crippen molar-refractivity contribution in [3.63, 3.8) is 0 Å². The van der Waals surface area contributed by atoms with E-state index in [4.69, 9.17) is 0 Å². The van der Waals surface area contributed by atoms with E-state index in [1.807, 2.05) is 63.8 Å². The van der Waals surface area contributed by atoms with Crippen molar-refractivity contribution in [3.8, 4) is 0 Å². The Bertz CT molecular complexity index is 389. The van der Waals surface area contributed by atoms with Crippen LogP contribution in [0.4, 0.5) is 5.69 Å². The van der Waals surface area contributed by atoms with Gasteiger partial charge in [0, 0.05) is 11.3 Å². The Labute approximate surface area is 109 Å². The number of hydrogen-bond donors (Lipinski definition) is 1. The predicted octanol–water partition coefficient (Wildman–Crippen LogP) is 3.53. The van der Waals surface area contributed by atoms with E-state index in [1.54, 1.807) is 0 Å². The molecule has 0 aliphatic rings. The number of anilines is 1. The van der Waals surface area contributed by atoms with Crippen molar-refractivity contribution in [1.29, 1.82) is 0 Å². The first-order valence-electron chi connectivity index (χ1n) is 5.02. The molecule has 0 saturated carbocycles. The lowest BCUT2D eigenvalue weighted by Gasteiger charge is -2.23. The number of aliphatic hydroxyl groups excluding tert-OH is 1. The van der Waals surface area contributed by atoms with Gasteiger partial charge in [0.2, 0.25) is 0 Å². The molecule has 0 amide bonds. The van der Waals surface area contributed by atoms with Gasteiger partial charge in [0.05, 0.1) is 22.9 Å². The van der Waals surface area contributed by atoms with E-state index in [0.29, 0.717) is 0 Å². The molecule has 1 N–H and O–H groups in total. The summed E-state index contributed by atoms with van der Waals surface area (Å²) >= 11 is 2.12. The molecule has 2 nitrogen and oxygen atoms in total. The van der Waals surface area contributed by atoms with E-state index < -0.39 is 6.23 Å². The van der Waals surface area contributed by atoms with E-state index in [9.17, 15) is 5.11 Å². The number of hydrogen-bond acceptors (Lipinski definition) is 2. The van der Waals surface area contributed by atoms with Crippen LogP contribution >= 0.6 is 22.9 Å². The molecule has 16 heavy (non-hydrogen) atoms. The average Bonchev–Trinajstić information content (AvgIpc) is 2.39. The molecule has 0 spiro atoms. The van der Waals surface area contributed by atoms with Gasteiger partial charge in [0.25, 0.3) is 0 Å². The molecular formula is C13H12INO. The molecule has 0 fully saturated rings. The Morgan fingerprint density at radius 3 is 1.94 bits per heavy atom. The summed E-state index contributed by atoms with van der Waals surface area (Å²) in [5.41, 5.74) is 1.88. The van der Waals surface area contributed by atoms with Crippen LogP contribution < -0.4 is 3.11 Å². The van der Waals surface area contributed by atoms with Crippen molar-refractivity contribution in [2.24, 2.45) is 0 Å². The fourth-order valence-corrected chi connectivity index (χ4v) is 2.11. The van der Waals surface area contributed by atoms with Crippen LogP contribution in [0.2, 0.25) is 0 Å². The predicted molar refractivity (Wildman–Crippen MR) is 74.3 cm³/mol. The SMILES string of the molecule is OC(c1ccccc1)N(I)c1ccccc1. The fraction of sp³-hybridized carbons (Fsp3) is 0.0769. The zero-order valence-electron chi connectivity index (χ0n) is 8.62. The highest BCUT2D eigenvalue weighted by Gasteiger charge is 2.14. The monoisotopic (exact) mass is 325 g/mol. The minimum absolute atomic E-state index is 0.621. The molecule has 82 valence electrons. The molecule has 0 radical (unpaired) electrons. The smallest absolute Gasteiger partial charge is 0.161 e. The van der Waals surface area contributed by atoms with Crippen LogP contribution in [0.3, 0.4) is 0 Å². The molecule has 0 aromatic heterocycles. The minimum atomic E-state index is -0.621. The summed E-state index contributed by atoms with van der Waals surface area (Å²) in [4.78, 5) is 0. The van der Waals surface area contributed by atoms with Crippen molar-refractivity contribution in [3.05, 3.63) is 66.2 Å². The summed E-state index contributed by atoms with van der Waals surface area (Å²) in [6.07, 6.45) is -0.621. The molecule has 0 heterocycles. The van der Waals surface area contributed by atoms with Crippen molar-refractivity contribution in [2.75, 3.05) is 3.11 Å². The van der Waals surface area contributed by atoms with Crippen molar-refractivity contribution < 1.29 is 5.11 Å². The summed E-state index contributed by atoms with van der Waals surface area (Å²) < 4.78 is 1.81. The first-order chi connectivity index (χ1) is 7.79. The highest BCUT2D eigenvalue weighted by Crippen LogP contribution is 2.28. The lowest BCUT2D eigenvalue weighted by atomic mass is 10.2. The Kier molecular flexibility index (Phi) is 3.79. The van der Waals surface area contributed by atoms with Gasteiger partial charge < -0.3 is 5.11 Å². The fourth-order valence-electron chi connectivity index (χ4n) is 1.47. The van der Waals surface area contributed by atoms with Crippen LogP contribution in [0.15, 0.2) is 60.7 Å². The van der Waals surface area contributed by atoms with Gasteiger partial charge >= 0.3 is 0 Å².